The molecule has 5 rings (SSSR count). The lowest BCUT2D eigenvalue weighted by Gasteiger charge is -2.61. The van der Waals surface area contributed by atoms with E-state index in [0.717, 1.165) is 18.3 Å². The first kappa shape index (κ1) is 13.3. The quantitative estimate of drug-likeness (QED) is 0.859. The van der Waals surface area contributed by atoms with Gasteiger partial charge in [0.05, 0.1) is 12.2 Å². The zero-order valence-corrected chi connectivity index (χ0v) is 12.5. The molecule has 4 bridgehead atoms. The summed E-state index contributed by atoms with van der Waals surface area (Å²) in [6.45, 7) is 0.516. The molecule has 4 aliphatic rings. The number of imidazole rings is 1. The van der Waals surface area contributed by atoms with Crippen molar-refractivity contribution >= 4 is 6.09 Å². The maximum atomic E-state index is 12.0. The number of hydrogen-bond donors (Lipinski definition) is 0. The van der Waals surface area contributed by atoms with Gasteiger partial charge in [0, 0.05) is 24.9 Å². The molecular formula is C16H22N2O3. The first-order valence-electron chi connectivity index (χ1n) is 7.82. The topological polar surface area (TPSA) is 53.4 Å². The third-order valence-electron chi connectivity index (χ3n) is 5.78. The Morgan fingerprint density at radius 2 is 2.10 bits per heavy atom. The fourth-order valence-electron chi connectivity index (χ4n) is 5.43. The van der Waals surface area contributed by atoms with Gasteiger partial charge < -0.3 is 9.47 Å². The van der Waals surface area contributed by atoms with Crippen molar-refractivity contribution in [3.05, 3.63) is 18.7 Å². The summed E-state index contributed by atoms with van der Waals surface area (Å²) >= 11 is 0. The highest BCUT2D eigenvalue weighted by atomic mass is 16.6. The Hall–Kier alpha value is -1.36. The number of aromatic nitrogens is 2. The van der Waals surface area contributed by atoms with Crippen molar-refractivity contribution in [2.45, 2.75) is 44.1 Å². The Bertz CT molecular complexity index is 526. The molecule has 1 aromatic rings. The van der Waals surface area contributed by atoms with Gasteiger partial charge in [-0.2, -0.15) is 0 Å². The van der Waals surface area contributed by atoms with Crippen LogP contribution >= 0.6 is 0 Å². The van der Waals surface area contributed by atoms with Crippen LogP contribution in [0.4, 0.5) is 4.79 Å². The van der Waals surface area contributed by atoms with Crippen molar-refractivity contribution in [2.24, 2.45) is 17.3 Å². The summed E-state index contributed by atoms with van der Waals surface area (Å²) in [7, 11) is 1.85. The largest absolute Gasteiger partial charge is 0.448 e. The summed E-state index contributed by atoms with van der Waals surface area (Å²) in [6.07, 6.45) is 11.5. The second-order valence-electron chi connectivity index (χ2n) is 7.37. The van der Waals surface area contributed by atoms with Gasteiger partial charge in [-0.05, 0) is 50.4 Å². The lowest BCUT2D eigenvalue weighted by Crippen LogP contribution is -2.57. The van der Waals surface area contributed by atoms with Crippen molar-refractivity contribution < 1.29 is 14.3 Å². The fraction of sp³-hybridized carbons (Fsp3) is 0.750. The van der Waals surface area contributed by atoms with Crippen molar-refractivity contribution in [3.8, 4) is 0 Å². The Labute approximate surface area is 124 Å². The van der Waals surface area contributed by atoms with E-state index in [1.807, 2.05) is 7.11 Å². The van der Waals surface area contributed by atoms with Crippen molar-refractivity contribution in [3.63, 3.8) is 0 Å². The molecule has 0 radical (unpaired) electrons. The molecule has 1 aromatic heterocycles. The number of hydrogen-bond acceptors (Lipinski definition) is 4. The molecule has 5 nitrogen and oxygen atoms in total. The minimum absolute atomic E-state index is 0.0471. The molecule has 114 valence electrons. The number of ether oxygens (including phenoxy) is 2. The Balaban J connectivity index is 1.48. The monoisotopic (exact) mass is 290 g/mol. The van der Waals surface area contributed by atoms with Gasteiger partial charge >= 0.3 is 6.09 Å². The standard InChI is InChI=1S/C16H22N2O3/c1-20-16-7-12-4-13(8-16)6-15(5-12,9-16)10-21-14(19)18-3-2-17-11-18/h2-3,11-13H,4-10H2,1H3. The van der Waals surface area contributed by atoms with Gasteiger partial charge in [0.15, 0.2) is 0 Å². The molecule has 0 aliphatic heterocycles. The predicted molar refractivity (Wildman–Crippen MR) is 75.8 cm³/mol. The van der Waals surface area contributed by atoms with Crippen LogP contribution in [0.5, 0.6) is 0 Å². The number of methoxy groups -OCH3 is 1. The van der Waals surface area contributed by atoms with Crippen LogP contribution in [0.2, 0.25) is 0 Å². The molecule has 21 heavy (non-hydrogen) atoms. The van der Waals surface area contributed by atoms with Gasteiger partial charge in [0.1, 0.15) is 6.33 Å². The van der Waals surface area contributed by atoms with E-state index < -0.39 is 0 Å². The molecule has 2 unspecified atom stereocenters. The zero-order valence-electron chi connectivity index (χ0n) is 12.5. The SMILES string of the molecule is COC12CC3CC(CC(COC(=O)n4ccnc4)(C3)C1)C2. The van der Waals surface area contributed by atoms with E-state index in [4.69, 9.17) is 9.47 Å². The van der Waals surface area contributed by atoms with Gasteiger partial charge in [-0.1, -0.05) is 0 Å². The number of carbonyl (C=O) groups is 1. The normalized spacial score (nSPS) is 40.4. The summed E-state index contributed by atoms with van der Waals surface area (Å²) in [5, 5.41) is 0. The van der Waals surface area contributed by atoms with Crippen LogP contribution < -0.4 is 0 Å². The van der Waals surface area contributed by atoms with E-state index >= 15 is 0 Å². The molecule has 4 saturated carbocycles. The maximum Gasteiger partial charge on any atom is 0.419 e. The molecule has 0 N–H and O–H groups in total. The predicted octanol–water partition coefficient (Wildman–Crippen LogP) is 2.85. The molecule has 1 heterocycles. The third-order valence-corrected chi connectivity index (χ3v) is 5.78. The molecular weight excluding hydrogens is 268 g/mol. The van der Waals surface area contributed by atoms with E-state index in [1.54, 1.807) is 12.4 Å². The Morgan fingerprint density at radius 1 is 1.33 bits per heavy atom. The lowest BCUT2D eigenvalue weighted by atomic mass is 9.48. The van der Waals surface area contributed by atoms with E-state index in [0.29, 0.717) is 6.61 Å². The highest BCUT2D eigenvalue weighted by molar-refractivity contribution is 5.70. The summed E-state index contributed by atoms with van der Waals surface area (Å²) in [4.78, 5) is 15.9. The van der Waals surface area contributed by atoms with Crippen LogP contribution in [0.25, 0.3) is 0 Å². The molecule has 0 saturated heterocycles. The first-order chi connectivity index (χ1) is 10.1. The minimum Gasteiger partial charge on any atom is -0.448 e. The molecule has 4 fully saturated rings. The summed E-state index contributed by atoms with van der Waals surface area (Å²) in [6, 6.07) is 0. The molecule has 0 amide bonds. The van der Waals surface area contributed by atoms with Crippen molar-refractivity contribution in [2.75, 3.05) is 13.7 Å². The van der Waals surface area contributed by atoms with E-state index in [2.05, 4.69) is 4.98 Å². The van der Waals surface area contributed by atoms with E-state index in [1.165, 1.54) is 43.0 Å². The average Bonchev–Trinajstić information content (AvgIpc) is 2.98. The Morgan fingerprint density at radius 3 is 2.71 bits per heavy atom. The van der Waals surface area contributed by atoms with Crippen LogP contribution in [0.1, 0.15) is 38.5 Å². The van der Waals surface area contributed by atoms with Crippen LogP contribution in [0.15, 0.2) is 18.7 Å². The number of carbonyl (C=O) groups excluding carboxylic acids is 1. The van der Waals surface area contributed by atoms with Gasteiger partial charge in [-0.3, -0.25) is 0 Å². The van der Waals surface area contributed by atoms with Gasteiger partial charge in [0.2, 0.25) is 0 Å². The molecule has 0 aromatic carbocycles. The molecule has 4 aliphatic carbocycles. The van der Waals surface area contributed by atoms with E-state index in [9.17, 15) is 4.79 Å². The summed E-state index contributed by atoms with van der Waals surface area (Å²) < 4.78 is 12.9. The molecule has 2 atom stereocenters. The fourth-order valence-corrected chi connectivity index (χ4v) is 5.43. The third kappa shape index (κ3) is 2.18. The lowest BCUT2D eigenvalue weighted by molar-refractivity contribution is -0.189. The number of rotatable bonds is 3. The van der Waals surface area contributed by atoms with Gasteiger partial charge in [0.25, 0.3) is 0 Å². The van der Waals surface area contributed by atoms with Crippen LogP contribution in [-0.2, 0) is 9.47 Å². The average molecular weight is 290 g/mol. The highest BCUT2D eigenvalue weighted by Gasteiger charge is 2.58. The van der Waals surface area contributed by atoms with Crippen molar-refractivity contribution in [1.29, 1.82) is 0 Å². The van der Waals surface area contributed by atoms with Gasteiger partial charge in [-0.25, -0.2) is 14.3 Å². The van der Waals surface area contributed by atoms with Crippen molar-refractivity contribution in [1.82, 2.24) is 9.55 Å². The van der Waals surface area contributed by atoms with Crippen LogP contribution in [0, 0.1) is 17.3 Å². The molecule has 0 spiro atoms. The van der Waals surface area contributed by atoms with Crippen LogP contribution in [-0.4, -0.2) is 35.0 Å². The number of nitrogens with zero attached hydrogens (tertiary/aromatic N) is 2. The van der Waals surface area contributed by atoms with Crippen LogP contribution in [0.3, 0.4) is 0 Å². The summed E-state index contributed by atoms with van der Waals surface area (Å²) in [5.74, 6) is 1.50. The smallest absolute Gasteiger partial charge is 0.419 e. The second kappa shape index (κ2) is 4.57. The van der Waals surface area contributed by atoms with Gasteiger partial charge in [-0.15, -0.1) is 0 Å². The first-order valence-corrected chi connectivity index (χ1v) is 7.82. The summed E-state index contributed by atoms with van der Waals surface area (Å²) in [5.41, 5.74) is 0.182. The minimum atomic E-state index is -0.324. The highest BCUT2D eigenvalue weighted by Crippen LogP contribution is 2.62. The zero-order chi connectivity index (χ0) is 14.5. The Kier molecular flexibility index (Phi) is 2.89. The second-order valence-corrected chi connectivity index (χ2v) is 7.37. The molecule has 5 heteroatoms. The van der Waals surface area contributed by atoms with E-state index in [-0.39, 0.29) is 17.1 Å². The maximum absolute atomic E-state index is 12.0.